The van der Waals surface area contributed by atoms with Crippen LogP contribution in [0.5, 0.6) is 0 Å². The van der Waals surface area contributed by atoms with Gasteiger partial charge in [-0.15, -0.1) is 0 Å². The Morgan fingerprint density at radius 2 is 1.79 bits per heavy atom. The lowest BCUT2D eigenvalue weighted by Crippen LogP contribution is -2.46. The van der Waals surface area contributed by atoms with Gasteiger partial charge >= 0.3 is 18.0 Å². The van der Waals surface area contributed by atoms with E-state index in [9.17, 15) is 24.3 Å². The van der Waals surface area contributed by atoms with Gasteiger partial charge in [0.05, 0.1) is 18.4 Å². The molecule has 0 aromatic rings. The van der Waals surface area contributed by atoms with Crippen molar-refractivity contribution in [3.63, 3.8) is 0 Å². The molecule has 3 N–H and O–H groups in total. The zero-order valence-corrected chi connectivity index (χ0v) is 16.9. The monoisotopic (exact) mass is 402 g/mol. The van der Waals surface area contributed by atoms with Crippen LogP contribution in [0.3, 0.4) is 0 Å². The summed E-state index contributed by atoms with van der Waals surface area (Å²) < 4.78 is 14.9. The standard InChI is InChI=1S/C18H30N2O8/c1-6-27-16(24)12-10(11(12)14(21)19-8-7-9-26-5)13(15(22)23)20-17(25)28-18(2,3)4/h10-13H,6-9H2,1-5H3,(H,19,21)(H,20,25)(H,22,23). The predicted octanol–water partition coefficient (Wildman–Crippen LogP) is 0.542. The Morgan fingerprint density at radius 3 is 2.29 bits per heavy atom. The number of carboxylic acid groups (broad SMARTS) is 1. The highest BCUT2D eigenvalue weighted by atomic mass is 16.6. The maximum absolute atomic E-state index is 12.4. The van der Waals surface area contributed by atoms with E-state index in [1.165, 1.54) is 7.11 Å². The van der Waals surface area contributed by atoms with Crippen molar-refractivity contribution in [3.05, 3.63) is 0 Å². The highest BCUT2D eigenvalue weighted by Gasteiger charge is 2.64. The fourth-order valence-corrected chi connectivity index (χ4v) is 2.93. The average Bonchev–Trinajstić information content (AvgIpc) is 3.30. The molecule has 28 heavy (non-hydrogen) atoms. The summed E-state index contributed by atoms with van der Waals surface area (Å²) in [5.41, 5.74) is -0.824. The Morgan fingerprint density at radius 1 is 1.14 bits per heavy atom. The Kier molecular flexibility index (Phi) is 8.67. The number of ether oxygens (including phenoxy) is 3. The first-order chi connectivity index (χ1) is 13.0. The largest absolute Gasteiger partial charge is 0.480 e. The number of carbonyl (C=O) groups is 4. The summed E-state index contributed by atoms with van der Waals surface area (Å²) in [5.74, 6) is -5.26. The van der Waals surface area contributed by atoms with Crippen LogP contribution in [-0.2, 0) is 28.6 Å². The van der Waals surface area contributed by atoms with E-state index in [-0.39, 0.29) is 6.61 Å². The number of hydrogen-bond donors (Lipinski definition) is 3. The van der Waals surface area contributed by atoms with E-state index in [4.69, 9.17) is 14.2 Å². The van der Waals surface area contributed by atoms with Crippen molar-refractivity contribution < 1.29 is 38.5 Å². The average molecular weight is 402 g/mol. The van der Waals surface area contributed by atoms with Crippen molar-refractivity contribution in [2.75, 3.05) is 26.9 Å². The van der Waals surface area contributed by atoms with Crippen LogP contribution in [0, 0.1) is 17.8 Å². The quantitative estimate of drug-likeness (QED) is 0.355. The lowest BCUT2D eigenvalue weighted by atomic mass is 10.1. The molecule has 1 aliphatic rings. The molecule has 1 fully saturated rings. The van der Waals surface area contributed by atoms with Gasteiger partial charge in [-0.1, -0.05) is 0 Å². The fourth-order valence-electron chi connectivity index (χ4n) is 2.93. The molecule has 160 valence electrons. The molecule has 10 nitrogen and oxygen atoms in total. The maximum Gasteiger partial charge on any atom is 0.408 e. The Bertz CT molecular complexity index is 587. The van der Waals surface area contributed by atoms with E-state index in [1.54, 1.807) is 27.7 Å². The fraction of sp³-hybridized carbons (Fsp3) is 0.778. The lowest BCUT2D eigenvalue weighted by Gasteiger charge is -2.22. The number of hydrogen-bond acceptors (Lipinski definition) is 7. The third kappa shape index (κ3) is 6.99. The first-order valence-electron chi connectivity index (χ1n) is 9.19. The van der Waals surface area contributed by atoms with Gasteiger partial charge in [-0.2, -0.15) is 0 Å². The molecule has 1 saturated carbocycles. The molecule has 4 unspecified atom stereocenters. The first kappa shape index (κ1) is 23.7. The molecule has 1 aliphatic carbocycles. The number of carbonyl (C=O) groups excluding carboxylic acids is 3. The maximum atomic E-state index is 12.4. The summed E-state index contributed by atoms with van der Waals surface area (Å²) in [6.45, 7) is 7.39. The van der Waals surface area contributed by atoms with Crippen molar-refractivity contribution >= 4 is 23.9 Å². The number of methoxy groups -OCH3 is 1. The van der Waals surface area contributed by atoms with E-state index >= 15 is 0 Å². The summed E-state index contributed by atoms with van der Waals surface area (Å²) in [6.07, 6.45) is -0.365. The zero-order chi connectivity index (χ0) is 21.5. The van der Waals surface area contributed by atoms with Crippen LogP contribution in [0.2, 0.25) is 0 Å². The molecule has 0 radical (unpaired) electrons. The minimum atomic E-state index is -1.46. The number of alkyl carbamates (subject to hydrolysis) is 1. The van der Waals surface area contributed by atoms with Gasteiger partial charge in [0.2, 0.25) is 5.91 Å². The van der Waals surface area contributed by atoms with Crippen LogP contribution in [0.1, 0.15) is 34.1 Å². The Labute approximate surface area is 164 Å². The number of amides is 2. The van der Waals surface area contributed by atoms with Crippen molar-refractivity contribution in [3.8, 4) is 0 Å². The predicted molar refractivity (Wildman–Crippen MR) is 97.4 cm³/mol. The third-order valence-corrected chi connectivity index (χ3v) is 4.08. The van der Waals surface area contributed by atoms with Gasteiger partial charge in [0.1, 0.15) is 11.6 Å². The van der Waals surface area contributed by atoms with Gasteiger partial charge in [-0.3, -0.25) is 9.59 Å². The van der Waals surface area contributed by atoms with Crippen LogP contribution < -0.4 is 10.6 Å². The van der Waals surface area contributed by atoms with E-state index in [2.05, 4.69) is 10.6 Å². The summed E-state index contributed by atoms with van der Waals surface area (Å²) in [6, 6.07) is -1.46. The molecule has 0 saturated heterocycles. The van der Waals surface area contributed by atoms with Gasteiger partial charge in [0.25, 0.3) is 0 Å². The van der Waals surface area contributed by atoms with Crippen LogP contribution in [-0.4, -0.2) is 67.6 Å². The van der Waals surface area contributed by atoms with Crippen LogP contribution in [0.4, 0.5) is 4.79 Å². The molecule has 0 aromatic carbocycles. The first-order valence-corrected chi connectivity index (χ1v) is 9.19. The van der Waals surface area contributed by atoms with Crippen LogP contribution in [0.15, 0.2) is 0 Å². The molecular weight excluding hydrogens is 372 g/mol. The third-order valence-electron chi connectivity index (χ3n) is 4.08. The van der Waals surface area contributed by atoms with E-state index in [0.717, 1.165) is 0 Å². The molecule has 10 heteroatoms. The van der Waals surface area contributed by atoms with Crippen molar-refractivity contribution in [2.45, 2.75) is 45.8 Å². The van der Waals surface area contributed by atoms with E-state index < -0.39 is 53.3 Å². The van der Waals surface area contributed by atoms with Gasteiger partial charge < -0.3 is 30.0 Å². The highest BCUT2D eigenvalue weighted by molar-refractivity contribution is 5.94. The van der Waals surface area contributed by atoms with Crippen molar-refractivity contribution in [1.82, 2.24) is 10.6 Å². The molecule has 0 bridgehead atoms. The Balaban J connectivity index is 2.88. The minimum Gasteiger partial charge on any atom is -0.480 e. The molecule has 0 heterocycles. The second kappa shape index (κ2) is 10.3. The summed E-state index contributed by atoms with van der Waals surface area (Å²) in [7, 11) is 1.54. The Hall–Kier alpha value is -2.36. The van der Waals surface area contributed by atoms with Gasteiger partial charge in [-0.05, 0) is 34.1 Å². The van der Waals surface area contributed by atoms with Gasteiger partial charge in [0.15, 0.2) is 0 Å². The molecule has 0 aromatic heterocycles. The SMILES string of the molecule is CCOC(=O)C1C(C(=O)NCCCOC)C1C(NC(=O)OC(C)(C)C)C(=O)O. The van der Waals surface area contributed by atoms with Crippen molar-refractivity contribution in [2.24, 2.45) is 17.8 Å². The van der Waals surface area contributed by atoms with Crippen LogP contribution >= 0.6 is 0 Å². The smallest absolute Gasteiger partial charge is 0.408 e. The van der Waals surface area contributed by atoms with Crippen molar-refractivity contribution in [1.29, 1.82) is 0 Å². The number of nitrogens with one attached hydrogen (secondary N) is 2. The second-order valence-corrected chi connectivity index (χ2v) is 7.48. The molecule has 4 atom stereocenters. The topological polar surface area (TPSA) is 140 Å². The normalized spacial score (nSPS) is 22.0. The molecule has 1 rings (SSSR count). The molecule has 2 amide bonds. The lowest BCUT2D eigenvalue weighted by molar-refractivity contribution is -0.146. The van der Waals surface area contributed by atoms with E-state index in [1.807, 2.05) is 0 Å². The second-order valence-electron chi connectivity index (χ2n) is 7.48. The summed E-state index contributed by atoms with van der Waals surface area (Å²) in [5, 5.41) is 14.4. The highest BCUT2D eigenvalue weighted by Crippen LogP contribution is 2.49. The zero-order valence-electron chi connectivity index (χ0n) is 16.9. The van der Waals surface area contributed by atoms with Gasteiger partial charge in [-0.25, -0.2) is 9.59 Å². The molecular formula is C18H30N2O8. The number of carboxylic acids is 1. The van der Waals surface area contributed by atoms with Gasteiger partial charge in [0, 0.05) is 26.2 Å². The molecule has 0 spiro atoms. The number of esters is 1. The number of rotatable bonds is 10. The number of aliphatic carboxylic acids is 1. The molecule has 0 aliphatic heterocycles. The summed E-state index contributed by atoms with van der Waals surface area (Å²) in [4.78, 5) is 48.3. The van der Waals surface area contributed by atoms with E-state index in [0.29, 0.717) is 19.6 Å². The minimum absolute atomic E-state index is 0.0987. The summed E-state index contributed by atoms with van der Waals surface area (Å²) >= 11 is 0. The van der Waals surface area contributed by atoms with Crippen LogP contribution in [0.25, 0.3) is 0 Å².